The molecular formula is C28H29FN4O5S. The maximum absolute atomic E-state index is 14.9. The molecule has 0 radical (unpaired) electrons. The van der Waals surface area contributed by atoms with Crippen molar-refractivity contribution in [3.63, 3.8) is 0 Å². The molecule has 1 fully saturated rings. The molecule has 2 aliphatic rings. The molecule has 0 aliphatic carbocycles. The molecule has 9 nitrogen and oxygen atoms in total. The van der Waals surface area contributed by atoms with Gasteiger partial charge < -0.3 is 15.8 Å². The molecule has 3 heterocycles. The van der Waals surface area contributed by atoms with Gasteiger partial charge in [-0.05, 0) is 29.7 Å². The van der Waals surface area contributed by atoms with Crippen LogP contribution in [-0.2, 0) is 20.4 Å². The minimum Gasteiger partial charge on any atom is -0.477 e. The van der Waals surface area contributed by atoms with Gasteiger partial charge in [0.2, 0.25) is 0 Å². The largest absolute Gasteiger partial charge is 0.477 e. The molecule has 5 rings (SSSR count). The summed E-state index contributed by atoms with van der Waals surface area (Å²) >= 11 is 0. The Balaban J connectivity index is 1.52. The second-order valence-corrected chi connectivity index (χ2v) is 12.5. The Labute approximate surface area is 225 Å². The fourth-order valence-corrected chi connectivity index (χ4v) is 6.23. The van der Waals surface area contributed by atoms with Gasteiger partial charge in [-0.25, -0.2) is 22.6 Å². The third-order valence-corrected chi connectivity index (χ3v) is 8.12. The highest BCUT2D eigenvalue weighted by atomic mass is 32.2. The zero-order valence-corrected chi connectivity index (χ0v) is 22.4. The summed E-state index contributed by atoms with van der Waals surface area (Å²) in [7, 11) is -3.45. The number of H-pyrrole nitrogens is 1. The molecule has 0 saturated carbocycles. The minimum atomic E-state index is -3.45. The summed E-state index contributed by atoms with van der Waals surface area (Å²) in [5, 5.41) is 10.5. The highest BCUT2D eigenvalue weighted by Crippen LogP contribution is 2.39. The Morgan fingerprint density at radius 3 is 2.72 bits per heavy atom. The zero-order chi connectivity index (χ0) is 28.1. The van der Waals surface area contributed by atoms with Crippen LogP contribution in [0.2, 0.25) is 0 Å². The van der Waals surface area contributed by atoms with Crippen LogP contribution in [0.4, 0.5) is 4.39 Å². The number of aromatic carboxylic acids is 1. The Morgan fingerprint density at radius 2 is 2.08 bits per heavy atom. The number of carbonyl (C=O) groups excluding carboxylic acids is 1. The second-order valence-electron chi connectivity index (χ2n) is 10.3. The maximum atomic E-state index is 14.9. The smallest absolute Gasteiger partial charge is 0.352 e. The van der Waals surface area contributed by atoms with Crippen molar-refractivity contribution in [1.29, 1.82) is 0 Å². The van der Waals surface area contributed by atoms with E-state index in [0.717, 1.165) is 31.8 Å². The van der Waals surface area contributed by atoms with Crippen LogP contribution in [0.1, 0.15) is 40.9 Å². The maximum Gasteiger partial charge on any atom is 0.352 e. The van der Waals surface area contributed by atoms with E-state index in [0.29, 0.717) is 39.9 Å². The van der Waals surface area contributed by atoms with E-state index in [1.54, 1.807) is 18.2 Å². The second kappa shape index (κ2) is 10.1. The van der Waals surface area contributed by atoms with E-state index >= 15 is 0 Å². The summed E-state index contributed by atoms with van der Waals surface area (Å²) in [5.74, 6) is -3.15. The number of aromatic nitrogens is 1. The van der Waals surface area contributed by atoms with Crippen molar-refractivity contribution >= 4 is 38.3 Å². The number of carboxylic acids is 1. The topological polar surface area (TPSA) is 146 Å². The van der Waals surface area contributed by atoms with Crippen molar-refractivity contribution in [2.75, 3.05) is 25.9 Å². The average molecular weight is 553 g/mol. The molecule has 204 valence electrons. The van der Waals surface area contributed by atoms with Crippen LogP contribution in [0.3, 0.4) is 0 Å². The number of aromatic amines is 1. The van der Waals surface area contributed by atoms with Gasteiger partial charge in [-0.15, -0.1) is 0 Å². The Bertz CT molecular complexity index is 1670. The fourth-order valence-electron chi connectivity index (χ4n) is 5.43. The first-order chi connectivity index (χ1) is 18.4. The molecule has 2 atom stereocenters. The summed E-state index contributed by atoms with van der Waals surface area (Å²) in [6, 6.07) is 9.46. The standard InChI is InChI=1S/C28H29FN4O5S/c1-15(22-11-19(31-27(22)34)13-33-9-8-18(30)12-33)20-4-3-5-21-24(26(28(35)36)32-25(20)21)16-6-7-17(23(29)10-16)14-39(2,37)38/h3-7,10-11,15,18,32H,8-9,12-14,30H2,1-2H3,(H,35,36)/t15?,18-/m1/s1. The number of hydrogen-bond acceptors (Lipinski definition) is 6. The van der Waals surface area contributed by atoms with Gasteiger partial charge in [0.15, 0.2) is 9.84 Å². The number of sulfone groups is 1. The molecule has 1 aromatic heterocycles. The van der Waals surface area contributed by atoms with Crippen LogP contribution < -0.4 is 5.73 Å². The number of aliphatic imine (C=N–C) groups is 1. The SMILES string of the molecule is CC(C1=CC(CN2CC[C@@H](N)C2)=NC1=O)c1cccc2c(-c3ccc(CS(C)(=O)=O)c(F)c3)c(C(=O)O)[nH]c12. The van der Waals surface area contributed by atoms with Gasteiger partial charge in [-0.2, -0.15) is 0 Å². The van der Waals surface area contributed by atoms with Crippen molar-refractivity contribution in [2.45, 2.75) is 31.1 Å². The fraction of sp³-hybridized carbons (Fsp3) is 0.321. The predicted molar refractivity (Wildman–Crippen MR) is 147 cm³/mol. The first-order valence-corrected chi connectivity index (χ1v) is 14.6. The van der Waals surface area contributed by atoms with E-state index < -0.39 is 33.3 Å². The van der Waals surface area contributed by atoms with E-state index in [9.17, 15) is 27.5 Å². The number of rotatable bonds is 8. The van der Waals surface area contributed by atoms with Crippen molar-refractivity contribution in [2.24, 2.45) is 10.7 Å². The summed E-state index contributed by atoms with van der Waals surface area (Å²) in [5.41, 5.74) is 8.85. The average Bonchev–Trinajstić information content (AvgIpc) is 3.55. The molecule has 0 spiro atoms. The van der Waals surface area contributed by atoms with Crippen LogP contribution >= 0.6 is 0 Å². The van der Waals surface area contributed by atoms with Crippen LogP contribution in [0, 0.1) is 5.82 Å². The summed E-state index contributed by atoms with van der Waals surface area (Å²) in [6.45, 7) is 4.01. The number of nitrogens with two attached hydrogens (primary N) is 1. The monoisotopic (exact) mass is 552 g/mol. The van der Waals surface area contributed by atoms with Crippen molar-refractivity contribution in [3.8, 4) is 11.1 Å². The number of fused-ring (bicyclic) bond motifs is 1. The quantitative estimate of drug-likeness (QED) is 0.389. The highest BCUT2D eigenvalue weighted by Gasteiger charge is 2.29. The normalized spacial score (nSPS) is 19.0. The molecule has 1 unspecified atom stereocenters. The molecule has 39 heavy (non-hydrogen) atoms. The van der Waals surface area contributed by atoms with Crippen molar-refractivity contribution in [3.05, 3.63) is 70.7 Å². The molecule has 2 aromatic carbocycles. The third-order valence-electron chi connectivity index (χ3n) is 7.28. The summed E-state index contributed by atoms with van der Waals surface area (Å²) in [4.78, 5) is 34.5. The van der Waals surface area contributed by atoms with Gasteiger partial charge in [0.1, 0.15) is 11.5 Å². The van der Waals surface area contributed by atoms with Gasteiger partial charge in [0.05, 0.1) is 17.0 Å². The number of benzene rings is 2. The Kier molecular flexibility index (Phi) is 7.00. The van der Waals surface area contributed by atoms with E-state index in [-0.39, 0.29) is 28.8 Å². The highest BCUT2D eigenvalue weighted by molar-refractivity contribution is 7.89. The number of nitrogens with one attached hydrogen (secondary N) is 1. The van der Waals surface area contributed by atoms with Crippen LogP contribution in [0.5, 0.6) is 0 Å². The number of carboxylic acid groups (broad SMARTS) is 1. The number of para-hydroxylation sites is 1. The molecule has 4 N–H and O–H groups in total. The minimum absolute atomic E-state index is 0.00526. The summed E-state index contributed by atoms with van der Waals surface area (Å²) in [6.07, 6.45) is 3.72. The molecule has 11 heteroatoms. The third kappa shape index (κ3) is 5.42. The van der Waals surface area contributed by atoms with E-state index in [4.69, 9.17) is 5.73 Å². The lowest BCUT2D eigenvalue weighted by molar-refractivity contribution is -0.114. The van der Waals surface area contributed by atoms with Gasteiger partial charge in [-0.1, -0.05) is 37.3 Å². The lowest BCUT2D eigenvalue weighted by atomic mass is 9.90. The van der Waals surface area contributed by atoms with E-state index in [1.165, 1.54) is 12.1 Å². The van der Waals surface area contributed by atoms with Crippen molar-refractivity contribution in [1.82, 2.24) is 9.88 Å². The molecule has 0 bridgehead atoms. The van der Waals surface area contributed by atoms with Crippen LogP contribution in [0.15, 0.2) is 53.0 Å². The van der Waals surface area contributed by atoms with E-state index in [1.807, 2.05) is 13.0 Å². The number of carbonyl (C=O) groups is 2. The molecular weight excluding hydrogens is 523 g/mol. The Morgan fingerprint density at radius 1 is 1.31 bits per heavy atom. The van der Waals surface area contributed by atoms with Gasteiger partial charge >= 0.3 is 5.97 Å². The van der Waals surface area contributed by atoms with Crippen LogP contribution in [0.25, 0.3) is 22.0 Å². The number of halogens is 1. The van der Waals surface area contributed by atoms with Crippen molar-refractivity contribution < 1.29 is 27.5 Å². The van der Waals surface area contributed by atoms with Gasteiger partial charge in [0.25, 0.3) is 5.91 Å². The lowest BCUT2D eigenvalue weighted by Crippen LogP contribution is -2.30. The zero-order valence-electron chi connectivity index (χ0n) is 21.6. The molecule has 1 saturated heterocycles. The van der Waals surface area contributed by atoms with Gasteiger partial charge in [0, 0.05) is 59.9 Å². The first kappa shape index (κ1) is 26.9. The Hall–Kier alpha value is -3.67. The molecule has 2 aliphatic heterocycles. The number of nitrogens with zero attached hydrogens (tertiary/aromatic N) is 2. The number of amides is 1. The number of hydrogen-bond donors (Lipinski definition) is 3. The first-order valence-electron chi connectivity index (χ1n) is 12.6. The molecule has 1 amide bonds. The number of likely N-dealkylation sites (tertiary alicyclic amines) is 1. The van der Waals surface area contributed by atoms with E-state index in [2.05, 4.69) is 14.9 Å². The molecule has 3 aromatic rings. The lowest BCUT2D eigenvalue weighted by Gasteiger charge is -2.14. The predicted octanol–water partition coefficient (Wildman–Crippen LogP) is 3.26. The van der Waals surface area contributed by atoms with Gasteiger partial charge in [-0.3, -0.25) is 9.69 Å². The summed E-state index contributed by atoms with van der Waals surface area (Å²) < 4.78 is 38.2. The van der Waals surface area contributed by atoms with Crippen LogP contribution in [-0.4, -0.2) is 72.9 Å².